The predicted octanol–water partition coefficient (Wildman–Crippen LogP) is 4.23. The molecule has 0 unspecified atom stereocenters. The molecule has 1 aliphatic carbocycles. The summed E-state index contributed by atoms with van der Waals surface area (Å²) in [5, 5.41) is 3.21. The lowest BCUT2D eigenvalue weighted by molar-refractivity contribution is -0.126. The van der Waals surface area contributed by atoms with E-state index in [4.69, 9.17) is 0 Å². The lowest BCUT2D eigenvalue weighted by Crippen LogP contribution is -2.46. The Hall–Kier alpha value is -2.18. The SMILES string of the molecule is CC[C@H](NC(=O)[C@@H]1CCCN(S(=O)(=O)c2ccccc2)C1)c1ccc2c(c1)CCCC2. The van der Waals surface area contributed by atoms with Gasteiger partial charge < -0.3 is 5.32 Å². The smallest absolute Gasteiger partial charge is 0.243 e. The first-order valence-electron chi connectivity index (χ1n) is 11.5. The van der Waals surface area contributed by atoms with Crippen LogP contribution >= 0.6 is 0 Å². The summed E-state index contributed by atoms with van der Waals surface area (Å²) < 4.78 is 27.4. The molecule has 2 aromatic rings. The monoisotopic (exact) mass is 440 g/mol. The standard InChI is InChI=1S/C25H32N2O3S/c1-2-24(21-15-14-19-9-6-7-10-20(19)17-21)26-25(28)22-11-8-16-27(18-22)31(29,30)23-12-4-3-5-13-23/h3-5,12-15,17,22,24H,2,6-11,16,18H2,1H3,(H,26,28)/t22-,24+/m1/s1. The summed E-state index contributed by atoms with van der Waals surface area (Å²) in [5.41, 5.74) is 4.00. The minimum atomic E-state index is -3.57. The third-order valence-corrected chi connectivity index (χ3v) is 8.51. The second-order valence-corrected chi connectivity index (χ2v) is 10.7. The fourth-order valence-electron chi connectivity index (χ4n) is 4.80. The highest BCUT2D eigenvalue weighted by Gasteiger charge is 2.34. The highest BCUT2D eigenvalue weighted by molar-refractivity contribution is 7.89. The fraction of sp³-hybridized carbons (Fsp3) is 0.480. The van der Waals surface area contributed by atoms with Crippen LogP contribution < -0.4 is 5.32 Å². The van der Waals surface area contributed by atoms with Crippen molar-refractivity contribution in [3.63, 3.8) is 0 Å². The number of hydrogen-bond acceptors (Lipinski definition) is 3. The Bertz CT molecular complexity index is 1020. The maximum atomic E-state index is 13.1. The molecule has 0 radical (unpaired) electrons. The second kappa shape index (κ2) is 9.53. The average Bonchev–Trinajstić information content (AvgIpc) is 2.82. The van der Waals surface area contributed by atoms with Crippen molar-refractivity contribution in [1.29, 1.82) is 0 Å². The van der Waals surface area contributed by atoms with Crippen LogP contribution in [0.3, 0.4) is 0 Å². The summed E-state index contributed by atoms with van der Waals surface area (Å²) in [4.78, 5) is 13.4. The van der Waals surface area contributed by atoms with Crippen LogP contribution in [-0.4, -0.2) is 31.7 Å². The Morgan fingerprint density at radius 3 is 2.55 bits per heavy atom. The Balaban J connectivity index is 1.45. The Morgan fingerprint density at radius 2 is 1.81 bits per heavy atom. The van der Waals surface area contributed by atoms with E-state index in [1.807, 2.05) is 0 Å². The molecule has 2 aliphatic rings. The molecule has 31 heavy (non-hydrogen) atoms. The van der Waals surface area contributed by atoms with E-state index in [-0.39, 0.29) is 29.3 Å². The molecule has 0 spiro atoms. The molecule has 1 saturated heterocycles. The molecule has 2 aromatic carbocycles. The van der Waals surface area contributed by atoms with Gasteiger partial charge in [0.15, 0.2) is 0 Å². The maximum absolute atomic E-state index is 13.1. The third-order valence-electron chi connectivity index (χ3n) is 6.64. The molecule has 0 saturated carbocycles. The number of carbonyl (C=O) groups excluding carboxylic acids is 1. The van der Waals surface area contributed by atoms with Gasteiger partial charge in [0.1, 0.15) is 0 Å². The van der Waals surface area contributed by atoms with Crippen molar-refractivity contribution in [2.24, 2.45) is 5.92 Å². The molecule has 0 bridgehead atoms. The van der Waals surface area contributed by atoms with Crippen LogP contribution in [0.15, 0.2) is 53.4 Å². The molecule has 5 nitrogen and oxygen atoms in total. The topological polar surface area (TPSA) is 66.5 Å². The summed E-state index contributed by atoms with van der Waals surface area (Å²) in [6, 6.07) is 15.1. The Labute approximate surface area is 185 Å². The number of sulfonamides is 1. The van der Waals surface area contributed by atoms with E-state index in [9.17, 15) is 13.2 Å². The molecule has 1 N–H and O–H groups in total. The van der Waals surface area contributed by atoms with E-state index in [0.29, 0.717) is 19.4 Å². The lowest BCUT2D eigenvalue weighted by atomic mass is 9.88. The number of amides is 1. The molecular formula is C25H32N2O3S. The van der Waals surface area contributed by atoms with E-state index in [2.05, 4.69) is 30.4 Å². The second-order valence-electron chi connectivity index (χ2n) is 8.72. The van der Waals surface area contributed by atoms with Crippen molar-refractivity contribution in [1.82, 2.24) is 9.62 Å². The van der Waals surface area contributed by atoms with Crippen LogP contribution in [0.5, 0.6) is 0 Å². The zero-order valence-electron chi connectivity index (χ0n) is 18.2. The van der Waals surface area contributed by atoms with Crippen LogP contribution in [0.1, 0.15) is 61.8 Å². The first-order chi connectivity index (χ1) is 15.0. The fourth-order valence-corrected chi connectivity index (χ4v) is 6.34. The Morgan fingerprint density at radius 1 is 1.06 bits per heavy atom. The largest absolute Gasteiger partial charge is 0.349 e. The molecule has 166 valence electrons. The summed E-state index contributed by atoms with van der Waals surface area (Å²) in [6.45, 7) is 2.78. The third kappa shape index (κ3) is 4.85. The van der Waals surface area contributed by atoms with E-state index < -0.39 is 10.0 Å². The van der Waals surface area contributed by atoms with Crippen molar-refractivity contribution in [3.05, 3.63) is 65.2 Å². The number of benzene rings is 2. The highest BCUT2D eigenvalue weighted by atomic mass is 32.2. The van der Waals surface area contributed by atoms with Gasteiger partial charge in [0.25, 0.3) is 0 Å². The molecule has 1 heterocycles. The van der Waals surface area contributed by atoms with Gasteiger partial charge in [-0.3, -0.25) is 4.79 Å². The van der Waals surface area contributed by atoms with E-state index in [1.54, 1.807) is 30.3 Å². The molecule has 4 rings (SSSR count). The molecule has 1 aliphatic heterocycles. The van der Waals surface area contributed by atoms with Gasteiger partial charge in [-0.1, -0.05) is 43.3 Å². The van der Waals surface area contributed by atoms with Crippen molar-refractivity contribution in [2.75, 3.05) is 13.1 Å². The van der Waals surface area contributed by atoms with Crippen LogP contribution in [0.2, 0.25) is 0 Å². The maximum Gasteiger partial charge on any atom is 0.243 e. The van der Waals surface area contributed by atoms with Gasteiger partial charge in [0, 0.05) is 13.1 Å². The van der Waals surface area contributed by atoms with E-state index in [1.165, 1.54) is 28.3 Å². The average molecular weight is 441 g/mol. The summed E-state index contributed by atoms with van der Waals surface area (Å²) in [5.74, 6) is -0.364. The normalized spacial score (nSPS) is 20.6. The minimum absolute atomic E-state index is 0.0409. The van der Waals surface area contributed by atoms with Gasteiger partial charge in [-0.25, -0.2) is 8.42 Å². The highest BCUT2D eigenvalue weighted by Crippen LogP contribution is 2.28. The number of rotatable bonds is 6. The molecule has 1 fully saturated rings. The zero-order valence-corrected chi connectivity index (χ0v) is 19.0. The van der Waals surface area contributed by atoms with Crippen LogP contribution in [-0.2, 0) is 27.7 Å². The van der Waals surface area contributed by atoms with Gasteiger partial charge >= 0.3 is 0 Å². The first-order valence-corrected chi connectivity index (χ1v) is 12.9. The minimum Gasteiger partial charge on any atom is -0.349 e. The molecule has 0 aromatic heterocycles. The number of hydrogen-bond donors (Lipinski definition) is 1. The van der Waals surface area contributed by atoms with Gasteiger partial charge in [0.05, 0.1) is 16.9 Å². The summed E-state index contributed by atoms with van der Waals surface area (Å²) in [7, 11) is -3.57. The van der Waals surface area contributed by atoms with Crippen LogP contribution in [0.4, 0.5) is 0 Å². The number of aryl methyl sites for hydroxylation is 2. The summed E-state index contributed by atoms with van der Waals surface area (Å²) >= 11 is 0. The number of nitrogens with zero attached hydrogens (tertiary/aromatic N) is 1. The number of fused-ring (bicyclic) bond motifs is 1. The van der Waals surface area contributed by atoms with Gasteiger partial charge in [-0.15, -0.1) is 0 Å². The van der Waals surface area contributed by atoms with Gasteiger partial charge in [-0.2, -0.15) is 4.31 Å². The molecule has 2 atom stereocenters. The zero-order chi connectivity index (χ0) is 21.8. The molecule has 6 heteroatoms. The molecular weight excluding hydrogens is 408 g/mol. The van der Waals surface area contributed by atoms with Crippen molar-refractivity contribution < 1.29 is 13.2 Å². The van der Waals surface area contributed by atoms with E-state index in [0.717, 1.165) is 24.8 Å². The number of nitrogens with one attached hydrogen (secondary N) is 1. The van der Waals surface area contributed by atoms with Crippen LogP contribution in [0.25, 0.3) is 0 Å². The van der Waals surface area contributed by atoms with E-state index >= 15 is 0 Å². The van der Waals surface area contributed by atoms with Crippen LogP contribution in [0, 0.1) is 5.92 Å². The van der Waals surface area contributed by atoms with Gasteiger partial charge in [0.2, 0.25) is 15.9 Å². The Kier molecular flexibility index (Phi) is 6.77. The lowest BCUT2D eigenvalue weighted by Gasteiger charge is -2.32. The summed E-state index contributed by atoms with van der Waals surface area (Å²) in [6.07, 6.45) is 6.96. The van der Waals surface area contributed by atoms with Crippen molar-refractivity contribution in [3.8, 4) is 0 Å². The predicted molar refractivity (Wildman–Crippen MR) is 122 cm³/mol. The quantitative estimate of drug-likeness (QED) is 0.731. The van der Waals surface area contributed by atoms with Gasteiger partial charge in [-0.05, 0) is 73.8 Å². The number of piperidine rings is 1. The van der Waals surface area contributed by atoms with Crippen molar-refractivity contribution in [2.45, 2.75) is 62.8 Å². The molecule has 1 amide bonds. The number of carbonyl (C=O) groups is 1. The first kappa shape index (κ1) is 22.0. The van der Waals surface area contributed by atoms with Crippen molar-refractivity contribution >= 4 is 15.9 Å².